The van der Waals surface area contributed by atoms with Gasteiger partial charge in [0, 0.05) is 0 Å². The van der Waals surface area contributed by atoms with Gasteiger partial charge in [0.1, 0.15) is 0 Å². The van der Waals surface area contributed by atoms with Crippen LogP contribution in [-0.4, -0.2) is 26.0 Å². The third kappa shape index (κ3) is 6.25. The average molecular weight is 123 g/mol. The van der Waals surface area contributed by atoms with Gasteiger partial charge < -0.3 is 4.90 Å². The van der Waals surface area contributed by atoms with Gasteiger partial charge in [-0.2, -0.15) is 0 Å². The highest BCUT2D eigenvalue weighted by molar-refractivity contribution is 6.20. The molecule has 1 atom stereocenters. The Bertz CT molecular complexity index is 37.3. The first-order valence-corrected chi connectivity index (χ1v) is 2.99. The van der Waals surface area contributed by atoms with Crippen LogP contribution in [0.15, 0.2) is 0 Å². The molecule has 0 saturated heterocycles. The number of alkyl halides is 1. The van der Waals surface area contributed by atoms with Crippen LogP contribution in [0.4, 0.5) is 0 Å². The second kappa shape index (κ2) is 3.28. The molecule has 44 valence electrons. The minimum atomic E-state index is 0.310. The van der Waals surface area contributed by atoms with Crippen LogP contribution in [-0.2, 0) is 0 Å². The molecule has 0 aromatic heterocycles. The average Bonchev–Trinajstić information content (AvgIpc) is 1.27. The first-order valence-electron chi connectivity index (χ1n) is 2.56. The zero-order chi connectivity index (χ0) is 5.86. The molecular formula is C5H13ClN+. The van der Waals surface area contributed by atoms with Crippen molar-refractivity contribution < 1.29 is 4.90 Å². The van der Waals surface area contributed by atoms with E-state index in [2.05, 4.69) is 14.1 Å². The SMILES string of the molecule is C[C@@H](Cl)C[NH+](C)C. The smallest absolute Gasteiger partial charge is 0.0930 e. The van der Waals surface area contributed by atoms with Gasteiger partial charge in [0.25, 0.3) is 0 Å². The van der Waals surface area contributed by atoms with Crippen LogP contribution in [0.25, 0.3) is 0 Å². The summed E-state index contributed by atoms with van der Waals surface area (Å²) in [5.41, 5.74) is 0. The predicted molar refractivity (Wildman–Crippen MR) is 33.0 cm³/mol. The maximum absolute atomic E-state index is 5.65. The molecule has 0 rings (SSSR count). The fourth-order valence-electron chi connectivity index (χ4n) is 0.563. The Kier molecular flexibility index (Phi) is 3.39. The minimum absolute atomic E-state index is 0.310. The van der Waals surface area contributed by atoms with E-state index < -0.39 is 0 Å². The first kappa shape index (κ1) is 7.25. The van der Waals surface area contributed by atoms with Gasteiger partial charge in [-0.15, -0.1) is 11.6 Å². The highest BCUT2D eigenvalue weighted by atomic mass is 35.5. The van der Waals surface area contributed by atoms with Crippen molar-refractivity contribution in [1.29, 1.82) is 0 Å². The number of quaternary nitrogens is 1. The Balaban J connectivity index is 2.95. The lowest BCUT2D eigenvalue weighted by atomic mass is 10.4. The number of hydrogen-bond donors (Lipinski definition) is 1. The highest BCUT2D eigenvalue weighted by Gasteiger charge is 1.98. The molecule has 0 aliphatic carbocycles. The van der Waals surface area contributed by atoms with Gasteiger partial charge in [-0.1, -0.05) is 0 Å². The summed E-state index contributed by atoms with van der Waals surface area (Å²) in [5, 5.41) is 0.310. The van der Waals surface area contributed by atoms with E-state index in [-0.39, 0.29) is 0 Å². The van der Waals surface area contributed by atoms with Crippen molar-refractivity contribution in [3.63, 3.8) is 0 Å². The van der Waals surface area contributed by atoms with E-state index in [4.69, 9.17) is 11.6 Å². The van der Waals surface area contributed by atoms with Crippen LogP contribution in [0.3, 0.4) is 0 Å². The van der Waals surface area contributed by atoms with E-state index in [1.165, 1.54) is 4.90 Å². The molecule has 0 spiro atoms. The monoisotopic (exact) mass is 122 g/mol. The number of nitrogens with one attached hydrogen (secondary N) is 1. The molecule has 0 radical (unpaired) electrons. The topological polar surface area (TPSA) is 4.44 Å². The van der Waals surface area contributed by atoms with E-state index in [0.717, 1.165) is 6.54 Å². The molecule has 0 heterocycles. The third-order valence-electron chi connectivity index (χ3n) is 0.690. The van der Waals surface area contributed by atoms with Gasteiger partial charge in [-0.25, -0.2) is 0 Å². The van der Waals surface area contributed by atoms with Gasteiger partial charge in [0.15, 0.2) is 0 Å². The summed E-state index contributed by atoms with van der Waals surface area (Å²) >= 11 is 5.65. The second-order valence-electron chi connectivity index (χ2n) is 2.19. The summed E-state index contributed by atoms with van der Waals surface area (Å²) in [6.45, 7) is 3.05. The molecule has 0 saturated carbocycles. The van der Waals surface area contributed by atoms with Crippen molar-refractivity contribution in [2.24, 2.45) is 0 Å². The summed E-state index contributed by atoms with van der Waals surface area (Å²) < 4.78 is 0. The molecule has 1 nitrogen and oxygen atoms in total. The Labute approximate surface area is 50.3 Å². The summed E-state index contributed by atoms with van der Waals surface area (Å²) in [6.07, 6.45) is 0. The van der Waals surface area contributed by atoms with Crippen molar-refractivity contribution in [1.82, 2.24) is 0 Å². The molecule has 0 fully saturated rings. The lowest BCUT2D eigenvalue weighted by molar-refractivity contribution is -0.857. The fraction of sp³-hybridized carbons (Fsp3) is 1.00. The highest BCUT2D eigenvalue weighted by Crippen LogP contribution is 1.84. The van der Waals surface area contributed by atoms with E-state index in [1.54, 1.807) is 0 Å². The fourth-order valence-corrected chi connectivity index (χ4v) is 0.871. The van der Waals surface area contributed by atoms with Crippen molar-refractivity contribution in [2.45, 2.75) is 12.3 Å². The largest absolute Gasteiger partial charge is 0.339 e. The Morgan fingerprint density at radius 1 is 1.57 bits per heavy atom. The van der Waals surface area contributed by atoms with E-state index in [9.17, 15) is 0 Å². The normalized spacial score (nSPS) is 15.0. The molecule has 0 amide bonds. The van der Waals surface area contributed by atoms with E-state index >= 15 is 0 Å². The summed E-state index contributed by atoms with van der Waals surface area (Å²) in [4.78, 5) is 1.41. The zero-order valence-electron chi connectivity index (χ0n) is 5.16. The maximum Gasteiger partial charge on any atom is 0.0930 e. The van der Waals surface area contributed by atoms with Gasteiger partial charge in [0.2, 0.25) is 0 Å². The summed E-state index contributed by atoms with van der Waals surface area (Å²) in [6, 6.07) is 0. The van der Waals surface area contributed by atoms with Crippen LogP contribution in [0.5, 0.6) is 0 Å². The first-order chi connectivity index (χ1) is 3.13. The molecule has 0 aliphatic rings. The Hall–Kier alpha value is 0.250. The molecule has 2 heteroatoms. The summed E-state index contributed by atoms with van der Waals surface area (Å²) in [5.74, 6) is 0. The molecule has 0 unspecified atom stereocenters. The second-order valence-corrected chi connectivity index (χ2v) is 2.94. The third-order valence-corrected chi connectivity index (χ3v) is 0.844. The van der Waals surface area contributed by atoms with Crippen molar-refractivity contribution in [3.05, 3.63) is 0 Å². The van der Waals surface area contributed by atoms with Crippen LogP contribution >= 0.6 is 11.6 Å². The van der Waals surface area contributed by atoms with Gasteiger partial charge in [-0.3, -0.25) is 0 Å². The van der Waals surface area contributed by atoms with Crippen LogP contribution in [0.1, 0.15) is 6.92 Å². The molecule has 7 heavy (non-hydrogen) atoms. The van der Waals surface area contributed by atoms with Crippen LogP contribution in [0, 0.1) is 0 Å². The van der Waals surface area contributed by atoms with Gasteiger partial charge in [0.05, 0.1) is 26.0 Å². The van der Waals surface area contributed by atoms with E-state index in [0.29, 0.717) is 5.38 Å². The van der Waals surface area contributed by atoms with Crippen LogP contribution in [0.2, 0.25) is 0 Å². The quantitative estimate of drug-likeness (QED) is 0.483. The van der Waals surface area contributed by atoms with Crippen molar-refractivity contribution in [3.8, 4) is 0 Å². The Morgan fingerprint density at radius 2 is 2.00 bits per heavy atom. The number of hydrogen-bond acceptors (Lipinski definition) is 0. The maximum atomic E-state index is 5.65. The van der Waals surface area contributed by atoms with E-state index in [1.807, 2.05) is 6.92 Å². The molecule has 0 aromatic rings. The molecule has 1 N–H and O–H groups in total. The summed E-state index contributed by atoms with van der Waals surface area (Å²) in [7, 11) is 4.19. The molecular weight excluding hydrogens is 110 g/mol. The lowest BCUT2D eigenvalue weighted by Crippen LogP contribution is -3.06. The lowest BCUT2D eigenvalue weighted by Gasteiger charge is -2.06. The van der Waals surface area contributed by atoms with Crippen molar-refractivity contribution >= 4 is 11.6 Å². The van der Waals surface area contributed by atoms with Crippen molar-refractivity contribution in [2.75, 3.05) is 20.6 Å². The van der Waals surface area contributed by atoms with Gasteiger partial charge in [-0.05, 0) is 6.92 Å². The number of halogens is 1. The predicted octanol–water partition coefficient (Wildman–Crippen LogP) is -0.242. The molecule has 0 aliphatic heterocycles. The standard InChI is InChI=1S/C5H12ClN/c1-5(6)4-7(2)3/h5H,4H2,1-3H3/p+1/t5-/m1/s1. The minimum Gasteiger partial charge on any atom is -0.339 e. The molecule has 0 bridgehead atoms. The van der Waals surface area contributed by atoms with Crippen LogP contribution < -0.4 is 4.90 Å². The number of rotatable bonds is 2. The Morgan fingerprint density at radius 3 is 2.00 bits per heavy atom. The molecule has 0 aromatic carbocycles. The zero-order valence-corrected chi connectivity index (χ0v) is 5.92. The van der Waals surface area contributed by atoms with Gasteiger partial charge >= 0.3 is 0 Å².